The van der Waals surface area contributed by atoms with E-state index < -0.39 is 0 Å². The standard InChI is InChI=1S/C15H21ClN2O.ClH/c1-11-5-6-13(14(16)10-11)15(19)18(2)12-4-3-8-17-9-7-12;/h5-6,10,12,17H,3-4,7-9H2,1-2H3;1H. The van der Waals surface area contributed by atoms with Gasteiger partial charge in [-0.15, -0.1) is 12.4 Å². The lowest BCUT2D eigenvalue weighted by atomic mass is 10.1. The normalized spacial score (nSPS) is 18.9. The van der Waals surface area contributed by atoms with Gasteiger partial charge in [0.15, 0.2) is 0 Å². The molecule has 20 heavy (non-hydrogen) atoms. The van der Waals surface area contributed by atoms with E-state index in [2.05, 4.69) is 5.32 Å². The van der Waals surface area contributed by atoms with E-state index in [9.17, 15) is 4.79 Å². The Morgan fingerprint density at radius 2 is 2.10 bits per heavy atom. The molecule has 0 aliphatic carbocycles. The lowest BCUT2D eigenvalue weighted by Crippen LogP contribution is -2.37. The van der Waals surface area contributed by atoms with E-state index in [0.29, 0.717) is 16.6 Å². The number of carbonyl (C=O) groups is 1. The van der Waals surface area contributed by atoms with Crippen LogP contribution < -0.4 is 5.32 Å². The molecule has 1 unspecified atom stereocenters. The molecule has 1 aliphatic heterocycles. The van der Waals surface area contributed by atoms with Crippen LogP contribution >= 0.6 is 24.0 Å². The van der Waals surface area contributed by atoms with Crippen molar-refractivity contribution in [2.24, 2.45) is 0 Å². The Kier molecular flexibility index (Phi) is 6.80. The molecule has 1 amide bonds. The maximum atomic E-state index is 12.5. The van der Waals surface area contributed by atoms with Gasteiger partial charge in [0.25, 0.3) is 5.91 Å². The van der Waals surface area contributed by atoms with E-state index in [4.69, 9.17) is 11.6 Å². The molecule has 3 nitrogen and oxygen atoms in total. The van der Waals surface area contributed by atoms with E-state index in [-0.39, 0.29) is 18.3 Å². The van der Waals surface area contributed by atoms with Crippen molar-refractivity contribution >= 4 is 29.9 Å². The van der Waals surface area contributed by atoms with Crippen molar-refractivity contribution in [1.29, 1.82) is 0 Å². The monoisotopic (exact) mass is 316 g/mol. The average molecular weight is 317 g/mol. The second-order valence-corrected chi connectivity index (χ2v) is 5.64. The molecule has 1 saturated heterocycles. The SMILES string of the molecule is Cc1ccc(C(=O)N(C)C2CCCNCC2)c(Cl)c1.Cl. The number of rotatable bonds is 2. The summed E-state index contributed by atoms with van der Waals surface area (Å²) in [6.07, 6.45) is 3.17. The largest absolute Gasteiger partial charge is 0.339 e. The maximum absolute atomic E-state index is 12.5. The van der Waals surface area contributed by atoms with Gasteiger partial charge in [0.2, 0.25) is 0 Å². The van der Waals surface area contributed by atoms with Crippen molar-refractivity contribution in [2.45, 2.75) is 32.2 Å². The molecular weight excluding hydrogens is 295 g/mol. The molecule has 1 aromatic rings. The Morgan fingerprint density at radius 1 is 1.35 bits per heavy atom. The van der Waals surface area contributed by atoms with Crippen LogP contribution in [0.4, 0.5) is 0 Å². The number of carbonyl (C=O) groups excluding carboxylic acids is 1. The number of nitrogens with zero attached hydrogens (tertiary/aromatic N) is 1. The minimum absolute atomic E-state index is 0. The maximum Gasteiger partial charge on any atom is 0.255 e. The van der Waals surface area contributed by atoms with Gasteiger partial charge in [-0.2, -0.15) is 0 Å². The molecule has 1 aliphatic rings. The Balaban J connectivity index is 0.00000200. The minimum atomic E-state index is 0. The van der Waals surface area contributed by atoms with Gasteiger partial charge in [-0.25, -0.2) is 0 Å². The van der Waals surface area contributed by atoms with Crippen LogP contribution in [0.2, 0.25) is 5.02 Å². The molecule has 2 rings (SSSR count). The molecular formula is C15H22Cl2N2O. The van der Waals surface area contributed by atoms with Crippen LogP contribution in [-0.2, 0) is 0 Å². The lowest BCUT2D eigenvalue weighted by molar-refractivity contribution is 0.0720. The van der Waals surface area contributed by atoms with E-state index in [1.54, 1.807) is 0 Å². The molecule has 5 heteroatoms. The summed E-state index contributed by atoms with van der Waals surface area (Å²) in [6.45, 7) is 3.99. The highest BCUT2D eigenvalue weighted by atomic mass is 35.5. The summed E-state index contributed by atoms with van der Waals surface area (Å²) in [5, 5.41) is 3.91. The average Bonchev–Trinajstić information content (AvgIpc) is 2.66. The van der Waals surface area contributed by atoms with E-state index in [1.165, 1.54) is 0 Å². The first kappa shape index (κ1) is 17.3. The number of benzene rings is 1. The summed E-state index contributed by atoms with van der Waals surface area (Å²) < 4.78 is 0. The van der Waals surface area contributed by atoms with Gasteiger partial charge in [0.1, 0.15) is 0 Å². The Hall–Kier alpha value is -0.770. The molecule has 0 aromatic heterocycles. The van der Waals surface area contributed by atoms with Crippen molar-refractivity contribution in [3.8, 4) is 0 Å². The zero-order chi connectivity index (χ0) is 13.8. The minimum Gasteiger partial charge on any atom is -0.339 e. The van der Waals surface area contributed by atoms with Gasteiger partial charge in [-0.3, -0.25) is 4.79 Å². The first-order valence-electron chi connectivity index (χ1n) is 6.83. The fourth-order valence-electron chi connectivity index (χ4n) is 2.54. The third-order valence-electron chi connectivity index (χ3n) is 3.77. The van der Waals surface area contributed by atoms with E-state index >= 15 is 0 Å². The third kappa shape index (κ3) is 4.11. The predicted molar refractivity (Wildman–Crippen MR) is 86.0 cm³/mol. The van der Waals surface area contributed by atoms with Crippen molar-refractivity contribution in [2.75, 3.05) is 20.1 Å². The summed E-state index contributed by atoms with van der Waals surface area (Å²) in [7, 11) is 1.88. The van der Waals surface area contributed by atoms with Crippen LogP contribution in [0.1, 0.15) is 35.2 Å². The number of hydrogen-bond acceptors (Lipinski definition) is 2. The Bertz CT molecular complexity index is 457. The van der Waals surface area contributed by atoms with Crippen molar-refractivity contribution in [3.63, 3.8) is 0 Å². The summed E-state index contributed by atoms with van der Waals surface area (Å²) in [4.78, 5) is 14.4. The zero-order valence-corrected chi connectivity index (χ0v) is 13.6. The predicted octanol–water partition coefficient (Wildman–Crippen LogP) is 3.28. The summed E-state index contributed by atoms with van der Waals surface area (Å²) in [6, 6.07) is 5.91. The second-order valence-electron chi connectivity index (χ2n) is 5.23. The molecule has 112 valence electrons. The lowest BCUT2D eigenvalue weighted by Gasteiger charge is -2.27. The molecule has 0 saturated carbocycles. The number of aryl methyl sites for hydroxylation is 1. The van der Waals surface area contributed by atoms with Crippen molar-refractivity contribution in [1.82, 2.24) is 10.2 Å². The first-order valence-corrected chi connectivity index (χ1v) is 7.21. The molecule has 0 spiro atoms. The molecule has 0 bridgehead atoms. The van der Waals surface area contributed by atoms with Crippen LogP contribution in [0.3, 0.4) is 0 Å². The van der Waals surface area contributed by atoms with Gasteiger partial charge in [0, 0.05) is 13.1 Å². The molecule has 0 radical (unpaired) electrons. The van der Waals surface area contributed by atoms with Crippen LogP contribution in [-0.4, -0.2) is 37.0 Å². The summed E-state index contributed by atoms with van der Waals surface area (Å²) in [5.74, 6) is 0.0249. The quantitative estimate of drug-likeness (QED) is 0.908. The topological polar surface area (TPSA) is 32.3 Å². The van der Waals surface area contributed by atoms with Crippen LogP contribution in [0, 0.1) is 6.92 Å². The van der Waals surface area contributed by atoms with Crippen molar-refractivity contribution in [3.05, 3.63) is 34.3 Å². The smallest absolute Gasteiger partial charge is 0.255 e. The highest BCUT2D eigenvalue weighted by molar-refractivity contribution is 6.33. The molecule has 1 N–H and O–H groups in total. The molecule has 1 fully saturated rings. The van der Waals surface area contributed by atoms with Gasteiger partial charge in [-0.1, -0.05) is 17.7 Å². The number of amides is 1. The van der Waals surface area contributed by atoms with Crippen molar-refractivity contribution < 1.29 is 4.79 Å². The van der Waals surface area contributed by atoms with Crippen LogP contribution in [0.15, 0.2) is 18.2 Å². The second kappa shape index (κ2) is 7.87. The molecule has 1 heterocycles. The molecule has 1 aromatic carbocycles. The van der Waals surface area contributed by atoms with E-state index in [1.807, 2.05) is 37.1 Å². The number of halogens is 2. The number of nitrogens with one attached hydrogen (secondary N) is 1. The third-order valence-corrected chi connectivity index (χ3v) is 4.08. The van der Waals surface area contributed by atoms with Crippen LogP contribution in [0.25, 0.3) is 0 Å². The van der Waals surface area contributed by atoms with Gasteiger partial charge in [-0.05, 0) is 57.0 Å². The highest BCUT2D eigenvalue weighted by Crippen LogP contribution is 2.21. The van der Waals surface area contributed by atoms with Gasteiger partial charge in [0.05, 0.1) is 10.6 Å². The fraction of sp³-hybridized carbons (Fsp3) is 0.533. The van der Waals surface area contributed by atoms with Gasteiger partial charge < -0.3 is 10.2 Å². The van der Waals surface area contributed by atoms with Crippen LogP contribution in [0.5, 0.6) is 0 Å². The fourth-order valence-corrected chi connectivity index (χ4v) is 2.85. The highest BCUT2D eigenvalue weighted by Gasteiger charge is 2.23. The summed E-state index contributed by atoms with van der Waals surface area (Å²) >= 11 is 6.18. The zero-order valence-electron chi connectivity index (χ0n) is 12.0. The van der Waals surface area contributed by atoms with E-state index in [0.717, 1.165) is 37.9 Å². The summed E-state index contributed by atoms with van der Waals surface area (Å²) in [5.41, 5.74) is 1.68. The Morgan fingerprint density at radius 3 is 2.80 bits per heavy atom. The number of hydrogen-bond donors (Lipinski definition) is 1. The Labute approximate surface area is 132 Å². The molecule has 1 atom stereocenters. The van der Waals surface area contributed by atoms with Gasteiger partial charge >= 0.3 is 0 Å². The first-order chi connectivity index (χ1) is 9.09.